The van der Waals surface area contributed by atoms with E-state index in [1.165, 1.54) is 0 Å². The Hall–Kier alpha value is -2.40. The number of aromatic nitrogens is 1. The number of aryl methyl sites for hydroxylation is 1. The van der Waals surface area contributed by atoms with Crippen molar-refractivity contribution in [1.82, 2.24) is 4.57 Å². The van der Waals surface area contributed by atoms with Gasteiger partial charge in [0, 0.05) is 33.4 Å². The Morgan fingerprint density at radius 3 is 2.83 bits per heavy atom. The molecule has 5 heteroatoms. The number of carbonyl (C=O) groups is 1. The van der Waals surface area contributed by atoms with Gasteiger partial charge in [0.15, 0.2) is 0 Å². The van der Waals surface area contributed by atoms with Crippen LogP contribution in [-0.4, -0.2) is 16.7 Å². The first-order valence-corrected chi connectivity index (χ1v) is 8.00. The SMILES string of the molecule is Cc1cc(Br)ccc1N=Cc1cn(CC(N)=O)c2ccccc12. The first-order chi connectivity index (χ1) is 11.0. The molecule has 116 valence electrons. The van der Waals surface area contributed by atoms with E-state index in [0.29, 0.717) is 0 Å². The van der Waals surface area contributed by atoms with E-state index >= 15 is 0 Å². The lowest BCUT2D eigenvalue weighted by Gasteiger charge is -2.00. The first-order valence-electron chi connectivity index (χ1n) is 7.21. The van der Waals surface area contributed by atoms with E-state index in [9.17, 15) is 4.79 Å². The van der Waals surface area contributed by atoms with E-state index in [1.54, 1.807) is 0 Å². The number of hydrogen-bond donors (Lipinski definition) is 1. The zero-order valence-electron chi connectivity index (χ0n) is 12.7. The molecule has 0 aliphatic carbocycles. The van der Waals surface area contributed by atoms with E-state index in [0.717, 1.165) is 32.2 Å². The minimum absolute atomic E-state index is 0.158. The zero-order chi connectivity index (χ0) is 16.4. The third-order valence-electron chi connectivity index (χ3n) is 3.65. The number of hydrogen-bond acceptors (Lipinski definition) is 2. The van der Waals surface area contributed by atoms with Crippen LogP contribution in [0.25, 0.3) is 10.9 Å². The Kier molecular flexibility index (Phi) is 4.30. The molecule has 0 saturated heterocycles. The maximum atomic E-state index is 11.2. The van der Waals surface area contributed by atoms with Crippen LogP contribution in [0.3, 0.4) is 0 Å². The van der Waals surface area contributed by atoms with Gasteiger partial charge in [-0.05, 0) is 36.8 Å². The quantitative estimate of drug-likeness (QED) is 0.695. The van der Waals surface area contributed by atoms with Crippen LogP contribution in [0.4, 0.5) is 5.69 Å². The van der Waals surface area contributed by atoms with Crippen LogP contribution in [0.15, 0.2) is 58.1 Å². The van der Waals surface area contributed by atoms with Crippen LogP contribution in [0, 0.1) is 6.92 Å². The molecule has 23 heavy (non-hydrogen) atoms. The molecule has 1 heterocycles. The molecule has 0 aliphatic rings. The lowest BCUT2D eigenvalue weighted by Crippen LogP contribution is -2.17. The molecule has 0 aliphatic heterocycles. The number of nitrogens with two attached hydrogens (primary N) is 1. The highest BCUT2D eigenvalue weighted by atomic mass is 79.9. The third-order valence-corrected chi connectivity index (χ3v) is 4.14. The molecule has 0 bridgehead atoms. The number of aliphatic imine (C=N–C) groups is 1. The van der Waals surface area contributed by atoms with Crippen molar-refractivity contribution >= 4 is 44.6 Å². The normalized spacial score (nSPS) is 11.4. The summed E-state index contributed by atoms with van der Waals surface area (Å²) in [7, 11) is 0. The minimum atomic E-state index is -0.363. The van der Waals surface area contributed by atoms with E-state index in [1.807, 2.05) is 66.4 Å². The monoisotopic (exact) mass is 369 g/mol. The van der Waals surface area contributed by atoms with E-state index in [-0.39, 0.29) is 12.5 Å². The molecule has 0 spiro atoms. The summed E-state index contributed by atoms with van der Waals surface area (Å²) in [6.45, 7) is 2.18. The fraction of sp³-hybridized carbons (Fsp3) is 0.111. The lowest BCUT2D eigenvalue weighted by atomic mass is 10.2. The predicted molar refractivity (Wildman–Crippen MR) is 97.3 cm³/mol. The number of rotatable bonds is 4. The summed E-state index contributed by atoms with van der Waals surface area (Å²) in [5.41, 5.74) is 9.27. The topological polar surface area (TPSA) is 60.4 Å². The van der Waals surface area contributed by atoms with Gasteiger partial charge in [0.25, 0.3) is 0 Å². The second kappa shape index (κ2) is 6.38. The van der Waals surface area contributed by atoms with Gasteiger partial charge >= 0.3 is 0 Å². The highest BCUT2D eigenvalue weighted by Gasteiger charge is 2.08. The number of benzene rings is 2. The molecule has 2 aromatic carbocycles. The van der Waals surface area contributed by atoms with Crippen molar-refractivity contribution < 1.29 is 4.79 Å². The van der Waals surface area contributed by atoms with Gasteiger partial charge in [-0.3, -0.25) is 9.79 Å². The van der Waals surface area contributed by atoms with Crippen LogP contribution in [0.1, 0.15) is 11.1 Å². The molecule has 0 radical (unpaired) electrons. The van der Waals surface area contributed by atoms with Gasteiger partial charge in [0.2, 0.25) is 5.91 Å². The molecule has 0 fully saturated rings. The van der Waals surface area contributed by atoms with Gasteiger partial charge in [-0.15, -0.1) is 0 Å². The van der Waals surface area contributed by atoms with Gasteiger partial charge in [-0.25, -0.2) is 0 Å². The number of nitrogens with zero attached hydrogens (tertiary/aromatic N) is 2. The van der Waals surface area contributed by atoms with Crippen LogP contribution in [0.2, 0.25) is 0 Å². The predicted octanol–water partition coefficient (Wildman–Crippen LogP) is 3.95. The van der Waals surface area contributed by atoms with Crippen LogP contribution >= 0.6 is 15.9 Å². The molecule has 0 unspecified atom stereocenters. The Balaban J connectivity index is 2.02. The lowest BCUT2D eigenvalue weighted by molar-refractivity contribution is -0.118. The van der Waals surface area contributed by atoms with Gasteiger partial charge < -0.3 is 10.3 Å². The maximum absolute atomic E-state index is 11.2. The van der Waals surface area contributed by atoms with E-state index in [2.05, 4.69) is 20.9 Å². The molecule has 4 nitrogen and oxygen atoms in total. The van der Waals surface area contributed by atoms with Crippen LogP contribution < -0.4 is 5.73 Å². The molecule has 1 aromatic heterocycles. The van der Waals surface area contributed by atoms with Crippen LogP contribution in [0.5, 0.6) is 0 Å². The van der Waals surface area contributed by atoms with Crippen LogP contribution in [-0.2, 0) is 11.3 Å². The van der Waals surface area contributed by atoms with E-state index in [4.69, 9.17) is 5.73 Å². The molecule has 1 amide bonds. The van der Waals surface area contributed by atoms with Crippen molar-refractivity contribution in [3.05, 3.63) is 64.3 Å². The average molecular weight is 370 g/mol. The van der Waals surface area contributed by atoms with Crippen molar-refractivity contribution in [2.45, 2.75) is 13.5 Å². The number of carbonyl (C=O) groups excluding carboxylic acids is 1. The molecule has 3 rings (SSSR count). The van der Waals surface area contributed by atoms with Gasteiger partial charge in [0.1, 0.15) is 6.54 Å². The van der Waals surface area contributed by atoms with Crippen molar-refractivity contribution in [2.24, 2.45) is 10.7 Å². The number of fused-ring (bicyclic) bond motifs is 1. The summed E-state index contributed by atoms with van der Waals surface area (Å²) in [4.78, 5) is 15.8. The summed E-state index contributed by atoms with van der Waals surface area (Å²) in [5.74, 6) is -0.363. The Morgan fingerprint density at radius 1 is 1.30 bits per heavy atom. The molecule has 2 N–H and O–H groups in total. The van der Waals surface area contributed by atoms with Crippen molar-refractivity contribution in [1.29, 1.82) is 0 Å². The Bertz CT molecular complexity index is 912. The third kappa shape index (κ3) is 3.35. The largest absolute Gasteiger partial charge is 0.368 e. The standard InChI is InChI=1S/C18H16BrN3O/c1-12-8-14(19)6-7-16(12)21-9-13-10-22(11-18(20)23)17-5-3-2-4-15(13)17/h2-10H,11H2,1H3,(H2,20,23). The first kappa shape index (κ1) is 15.5. The summed E-state index contributed by atoms with van der Waals surface area (Å²) >= 11 is 3.45. The summed E-state index contributed by atoms with van der Waals surface area (Å²) in [6, 6.07) is 13.9. The second-order valence-electron chi connectivity index (χ2n) is 5.38. The Morgan fingerprint density at radius 2 is 2.09 bits per heavy atom. The van der Waals surface area contributed by atoms with Gasteiger partial charge in [-0.1, -0.05) is 34.1 Å². The van der Waals surface area contributed by atoms with E-state index < -0.39 is 0 Å². The number of primary amides is 1. The summed E-state index contributed by atoms with van der Waals surface area (Å²) < 4.78 is 2.89. The fourth-order valence-electron chi connectivity index (χ4n) is 2.58. The maximum Gasteiger partial charge on any atom is 0.237 e. The van der Waals surface area contributed by atoms with Crippen molar-refractivity contribution in [3.63, 3.8) is 0 Å². The van der Waals surface area contributed by atoms with Crippen molar-refractivity contribution in [3.8, 4) is 0 Å². The average Bonchev–Trinajstić information content (AvgIpc) is 2.84. The molecule has 3 aromatic rings. The molecular weight excluding hydrogens is 354 g/mol. The van der Waals surface area contributed by atoms with Gasteiger partial charge in [-0.2, -0.15) is 0 Å². The van der Waals surface area contributed by atoms with Crippen molar-refractivity contribution in [2.75, 3.05) is 0 Å². The summed E-state index contributed by atoms with van der Waals surface area (Å²) in [5, 5.41) is 1.05. The molecular formula is C18H16BrN3O. The molecule has 0 saturated carbocycles. The summed E-state index contributed by atoms with van der Waals surface area (Å²) in [6.07, 6.45) is 3.74. The number of para-hydroxylation sites is 1. The number of amides is 1. The minimum Gasteiger partial charge on any atom is -0.368 e. The second-order valence-corrected chi connectivity index (χ2v) is 6.30. The van der Waals surface area contributed by atoms with Gasteiger partial charge in [0.05, 0.1) is 5.69 Å². The zero-order valence-corrected chi connectivity index (χ0v) is 14.2. The fourth-order valence-corrected chi connectivity index (χ4v) is 3.06. The molecule has 0 atom stereocenters. The Labute approximate surface area is 142 Å². The smallest absolute Gasteiger partial charge is 0.237 e. The highest BCUT2D eigenvalue weighted by molar-refractivity contribution is 9.10. The highest BCUT2D eigenvalue weighted by Crippen LogP contribution is 2.24. The number of halogens is 1.